The molecule has 0 spiro atoms. The maximum Gasteiger partial charge on any atom is 0.185 e. The van der Waals surface area contributed by atoms with Crippen molar-refractivity contribution in [3.8, 4) is 0 Å². The summed E-state index contributed by atoms with van der Waals surface area (Å²) in [6.45, 7) is 1.31. The summed E-state index contributed by atoms with van der Waals surface area (Å²) in [6.07, 6.45) is -6.41. The standard InChI is InChI=1S/C6H13NO6.C2H6O.ClH/c7-6(12)3(9)2(1-8)13-5(11)4(6)10;1-2-3;/h2-5,8-12H,1,7H2;3H,2H2,1H3;1H/t2-,3+,4+,5?,6+;;/m1../s1. The summed E-state index contributed by atoms with van der Waals surface area (Å²) in [5, 5.41) is 52.9. The molecular formula is C8H20ClNO7. The first-order valence-electron chi connectivity index (χ1n) is 4.75. The smallest absolute Gasteiger partial charge is 0.185 e. The summed E-state index contributed by atoms with van der Waals surface area (Å²) in [7, 11) is 0. The molecule has 1 rings (SSSR count). The Bertz CT molecular complexity index is 206. The SMILES string of the molecule is CCO.Cl.N[C@@]1(O)[C@@H](O)C(O)O[C@H](CO)[C@@H]1O. The van der Waals surface area contributed by atoms with Gasteiger partial charge in [0.15, 0.2) is 12.0 Å². The lowest BCUT2D eigenvalue weighted by molar-refractivity contribution is -0.320. The minimum atomic E-state index is -2.38. The van der Waals surface area contributed by atoms with Crippen molar-refractivity contribution in [3.05, 3.63) is 0 Å². The lowest BCUT2D eigenvalue weighted by Gasteiger charge is -2.43. The maximum atomic E-state index is 9.31. The van der Waals surface area contributed by atoms with Gasteiger partial charge in [0.2, 0.25) is 0 Å². The first-order chi connectivity index (χ1) is 7.32. The quantitative estimate of drug-likeness (QED) is 0.243. The molecule has 106 valence electrons. The fourth-order valence-electron chi connectivity index (χ4n) is 1.17. The van der Waals surface area contributed by atoms with Gasteiger partial charge >= 0.3 is 0 Å². The molecular weight excluding hydrogens is 258 g/mol. The number of ether oxygens (including phenoxy) is 1. The van der Waals surface area contributed by atoms with Crippen LogP contribution in [0.25, 0.3) is 0 Å². The number of hydrogen-bond acceptors (Lipinski definition) is 8. The first-order valence-corrected chi connectivity index (χ1v) is 4.75. The molecule has 1 aliphatic heterocycles. The molecule has 0 aromatic rings. The number of hydrogen-bond donors (Lipinski definition) is 7. The average molecular weight is 278 g/mol. The molecule has 1 heterocycles. The molecule has 1 unspecified atom stereocenters. The van der Waals surface area contributed by atoms with E-state index < -0.39 is 36.9 Å². The zero-order valence-corrected chi connectivity index (χ0v) is 10.1. The molecule has 0 aliphatic carbocycles. The van der Waals surface area contributed by atoms with E-state index in [4.69, 9.17) is 26.2 Å². The van der Waals surface area contributed by atoms with Crippen molar-refractivity contribution in [1.29, 1.82) is 0 Å². The van der Waals surface area contributed by atoms with Crippen LogP contribution in [0.3, 0.4) is 0 Å². The van der Waals surface area contributed by atoms with E-state index in [1.807, 2.05) is 0 Å². The van der Waals surface area contributed by atoms with Crippen molar-refractivity contribution in [2.75, 3.05) is 13.2 Å². The highest BCUT2D eigenvalue weighted by atomic mass is 35.5. The summed E-state index contributed by atoms with van der Waals surface area (Å²) in [5.41, 5.74) is 2.74. The Kier molecular flexibility index (Phi) is 9.25. The Morgan fingerprint density at radius 3 is 1.94 bits per heavy atom. The minimum Gasteiger partial charge on any atom is -0.397 e. The van der Waals surface area contributed by atoms with Crippen molar-refractivity contribution in [3.63, 3.8) is 0 Å². The van der Waals surface area contributed by atoms with Gasteiger partial charge in [0.1, 0.15) is 18.3 Å². The van der Waals surface area contributed by atoms with E-state index in [2.05, 4.69) is 4.74 Å². The van der Waals surface area contributed by atoms with E-state index in [9.17, 15) is 10.2 Å². The summed E-state index contributed by atoms with van der Waals surface area (Å²) >= 11 is 0. The van der Waals surface area contributed by atoms with Gasteiger partial charge in [-0.3, -0.25) is 5.73 Å². The van der Waals surface area contributed by atoms with E-state index >= 15 is 0 Å². The highest BCUT2D eigenvalue weighted by Crippen LogP contribution is 2.24. The van der Waals surface area contributed by atoms with Crippen LogP contribution < -0.4 is 5.73 Å². The van der Waals surface area contributed by atoms with Gasteiger partial charge < -0.3 is 35.4 Å². The molecule has 0 radical (unpaired) electrons. The highest BCUT2D eigenvalue weighted by Gasteiger charge is 2.52. The molecule has 0 saturated carbocycles. The van der Waals surface area contributed by atoms with Crippen LogP contribution in [0.5, 0.6) is 0 Å². The molecule has 0 amide bonds. The third-order valence-corrected chi connectivity index (χ3v) is 2.06. The molecule has 5 atom stereocenters. The second kappa shape index (κ2) is 8.14. The largest absolute Gasteiger partial charge is 0.397 e. The molecule has 8 N–H and O–H groups in total. The predicted octanol–water partition coefficient (Wildman–Crippen LogP) is -3.51. The zero-order valence-electron chi connectivity index (χ0n) is 9.30. The number of aliphatic hydroxyl groups excluding tert-OH is 5. The Morgan fingerprint density at radius 2 is 1.59 bits per heavy atom. The minimum absolute atomic E-state index is 0. The van der Waals surface area contributed by atoms with Gasteiger partial charge in [-0.1, -0.05) is 0 Å². The lowest BCUT2D eigenvalue weighted by Crippen LogP contribution is -2.71. The van der Waals surface area contributed by atoms with Gasteiger partial charge in [0.25, 0.3) is 0 Å². The Hall–Kier alpha value is -0.0300. The van der Waals surface area contributed by atoms with Gasteiger partial charge in [0, 0.05) is 6.61 Å². The summed E-state index contributed by atoms with van der Waals surface area (Å²) in [6, 6.07) is 0. The molecule has 1 fully saturated rings. The number of halogens is 1. The Balaban J connectivity index is 0. The second-order valence-corrected chi connectivity index (χ2v) is 3.34. The zero-order chi connectivity index (χ0) is 12.9. The van der Waals surface area contributed by atoms with Gasteiger partial charge in [0.05, 0.1) is 6.61 Å². The van der Waals surface area contributed by atoms with Crippen LogP contribution in [-0.4, -0.2) is 74.2 Å². The topological polar surface area (TPSA) is 157 Å². The van der Waals surface area contributed by atoms with Crippen LogP contribution in [0.1, 0.15) is 6.92 Å². The second-order valence-electron chi connectivity index (χ2n) is 3.34. The van der Waals surface area contributed by atoms with Crippen molar-refractivity contribution >= 4 is 12.4 Å². The fraction of sp³-hybridized carbons (Fsp3) is 1.00. The molecule has 0 aromatic carbocycles. The number of rotatable bonds is 1. The molecule has 1 saturated heterocycles. The molecule has 0 bridgehead atoms. The summed E-state index contributed by atoms with van der Waals surface area (Å²) in [4.78, 5) is 0. The van der Waals surface area contributed by atoms with Crippen molar-refractivity contribution in [2.24, 2.45) is 5.73 Å². The van der Waals surface area contributed by atoms with E-state index in [-0.39, 0.29) is 19.0 Å². The lowest BCUT2D eigenvalue weighted by atomic mass is 9.93. The van der Waals surface area contributed by atoms with Crippen LogP contribution in [0.2, 0.25) is 0 Å². The third-order valence-electron chi connectivity index (χ3n) is 2.06. The van der Waals surface area contributed by atoms with E-state index in [1.54, 1.807) is 6.92 Å². The summed E-state index contributed by atoms with van der Waals surface area (Å²) in [5.74, 6) is 0. The molecule has 9 heteroatoms. The van der Waals surface area contributed by atoms with Gasteiger partial charge in [-0.25, -0.2) is 0 Å². The average Bonchev–Trinajstić information content (AvgIpc) is 2.22. The first kappa shape index (κ1) is 19.3. The third kappa shape index (κ3) is 4.62. The van der Waals surface area contributed by atoms with Crippen LogP contribution >= 0.6 is 12.4 Å². The van der Waals surface area contributed by atoms with E-state index in [0.717, 1.165) is 0 Å². The van der Waals surface area contributed by atoms with Crippen LogP contribution in [-0.2, 0) is 4.74 Å². The van der Waals surface area contributed by atoms with Crippen LogP contribution in [0.15, 0.2) is 0 Å². The van der Waals surface area contributed by atoms with Crippen molar-refractivity contribution in [2.45, 2.75) is 37.3 Å². The fourth-order valence-corrected chi connectivity index (χ4v) is 1.17. The van der Waals surface area contributed by atoms with Crippen molar-refractivity contribution < 1.29 is 35.4 Å². The Labute approximate surface area is 105 Å². The monoisotopic (exact) mass is 277 g/mol. The van der Waals surface area contributed by atoms with E-state index in [0.29, 0.717) is 0 Å². The van der Waals surface area contributed by atoms with Crippen molar-refractivity contribution in [1.82, 2.24) is 0 Å². The van der Waals surface area contributed by atoms with Crippen LogP contribution in [0, 0.1) is 0 Å². The maximum absolute atomic E-state index is 9.31. The van der Waals surface area contributed by atoms with Gasteiger partial charge in [-0.05, 0) is 6.92 Å². The Morgan fingerprint density at radius 1 is 1.18 bits per heavy atom. The molecule has 1 aliphatic rings. The predicted molar refractivity (Wildman–Crippen MR) is 59.1 cm³/mol. The highest BCUT2D eigenvalue weighted by molar-refractivity contribution is 5.85. The number of nitrogens with two attached hydrogens (primary N) is 1. The summed E-state index contributed by atoms with van der Waals surface area (Å²) < 4.78 is 4.56. The normalized spacial score (nSPS) is 40.9. The number of aliphatic hydroxyl groups is 6. The van der Waals surface area contributed by atoms with Gasteiger partial charge in [-0.15, -0.1) is 12.4 Å². The molecule has 0 aromatic heterocycles. The van der Waals surface area contributed by atoms with Crippen LogP contribution in [0.4, 0.5) is 0 Å². The van der Waals surface area contributed by atoms with Gasteiger partial charge in [-0.2, -0.15) is 0 Å². The molecule has 17 heavy (non-hydrogen) atoms. The van der Waals surface area contributed by atoms with E-state index in [1.165, 1.54) is 0 Å². The molecule has 8 nitrogen and oxygen atoms in total.